The Labute approximate surface area is 113 Å². The lowest BCUT2D eigenvalue weighted by molar-refractivity contribution is -0.137. The molecule has 1 N–H and O–H groups in total. The number of carboxylic acid groups (broad SMARTS) is 1. The quantitative estimate of drug-likeness (QED) is 0.935. The van der Waals surface area contributed by atoms with Gasteiger partial charge in [0.05, 0.1) is 11.1 Å². The van der Waals surface area contributed by atoms with Crippen molar-refractivity contribution < 1.29 is 18.7 Å². The van der Waals surface area contributed by atoms with Gasteiger partial charge in [-0.1, -0.05) is 0 Å². The first-order valence-corrected chi connectivity index (χ1v) is 6.35. The van der Waals surface area contributed by atoms with Gasteiger partial charge in [0.15, 0.2) is 5.65 Å². The molecule has 2 aromatic heterocycles. The van der Waals surface area contributed by atoms with Crippen LogP contribution in [0.25, 0.3) is 11.0 Å². The smallest absolute Gasteiger partial charge is 0.325 e. The molecule has 0 atom stereocenters. The van der Waals surface area contributed by atoms with Crippen molar-refractivity contribution in [2.45, 2.75) is 38.7 Å². The maximum atomic E-state index is 13.2. The SMILES string of the molecule is Cc1cc(C(F)F)c2c(C3CC3)nn(CC(=O)O)c2n1. The number of aliphatic carboxylic acids is 1. The highest BCUT2D eigenvalue weighted by atomic mass is 19.3. The minimum Gasteiger partial charge on any atom is -0.480 e. The number of rotatable bonds is 4. The third-order valence-electron chi connectivity index (χ3n) is 3.37. The van der Waals surface area contributed by atoms with Crippen LogP contribution in [0.4, 0.5) is 8.78 Å². The van der Waals surface area contributed by atoms with Crippen molar-refractivity contribution >= 4 is 17.0 Å². The summed E-state index contributed by atoms with van der Waals surface area (Å²) in [4.78, 5) is 15.1. The Kier molecular flexibility index (Phi) is 2.92. The van der Waals surface area contributed by atoms with Crippen LogP contribution >= 0.6 is 0 Å². The normalized spacial score (nSPS) is 15.2. The number of halogens is 2. The van der Waals surface area contributed by atoms with E-state index in [2.05, 4.69) is 10.1 Å². The van der Waals surface area contributed by atoms with Crippen molar-refractivity contribution in [3.63, 3.8) is 0 Å². The summed E-state index contributed by atoms with van der Waals surface area (Å²) in [5.74, 6) is -0.923. The zero-order valence-corrected chi connectivity index (χ0v) is 10.8. The highest BCUT2D eigenvalue weighted by Crippen LogP contribution is 2.44. The van der Waals surface area contributed by atoms with Crippen LogP contribution < -0.4 is 0 Å². The van der Waals surface area contributed by atoms with Gasteiger partial charge in [-0.25, -0.2) is 18.4 Å². The van der Waals surface area contributed by atoms with Gasteiger partial charge in [0.2, 0.25) is 0 Å². The van der Waals surface area contributed by atoms with Crippen LogP contribution in [0.2, 0.25) is 0 Å². The van der Waals surface area contributed by atoms with Gasteiger partial charge in [-0.3, -0.25) is 4.79 Å². The van der Waals surface area contributed by atoms with E-state index in [1.165, 1.54) is 10.7 Å². The Hall–Kier alpha value is -2.05. The predicted octanol–water partition coefficient (Wildman–Crippen LogP) is 2.64. The van der Waals surface area contributed by atoms with Gasteiger partial charge in [-0.15, -0.1) is 0 Å². The first-order valence-electron chi connectivity index (χ1n) is 6.35. The second-order valence-electron chi connectivity index (χ2n) is 5.06. The second-order valence-corrected chi connectivity index (χ2v) is 5.06. The first kappa shape index (κ1) is 13.0. The number of nitrogens with zero attached hydrogens (tertiary/aromatic N) is 3. The summed E-state index contributed by atoms with van der Waals surface area (Å²) in [5, 5.41) is 13.4. The topological polar surface area (TPSA) is 68.0 Å². The summed E-state index contributed by atoms with van der Waals surface area (Å²) in [6, 6.07) is 1.35. The Morgan fingerprint density at radius 3 is 2.80 bits per heavy atom. The molecule has 2 heterocycles. The molecule has 1 aliphatic carbocycles. The van der Waals surface area contributed by atoms with Gasteiger partial charge in [-0.2, -0.15) is 5.10 Å². The zero-order chi connectivity index (χ0) is 14.4. The summed E-state index contributed by atoms with van der Waals surface area (Å²) in [6.07, 6.45) is -0.829. The minimum atomic E-state index is -2.63. The second kappa shape index (κ2) is 4.50. The Morgan fingerprint density at radius 1 is 1.55 bits per heavy atom. The van der Waals surface area contributed by atoms with Crippen LogP contribution in [-0.4, -0.2) is 25.8 Å². The summed E-state index contributed by atoms with van der Waals surface area (Å²) >= 11 is 0. The lowest BCUT2D eigenvalue weighted by Gasteiger charge is -2.05. The predicted molar refractivity (Wildman–Crippen MR) is 66.8 cm³/mol. The van der Waals surface area contributed by atoms with Crippen LogP contribution in [0.15, 0.2) is 6.07 Å². The molecule has 1 fully saturated rings. The molecule has 1 saturated carbocycles. The van der Waals surface area contributed by atoms with Crippen LogP contribution in [0, 0.1) is 6.92 Å². The molecule has 0 spiro atoms. The molecular formula is C13H13F2N3O2. The Morgan fingerprint density at radius 2 is 2.25 bits per heavy atom. The summed E-state index contributed by atoms with van der Waals surface area (Å²) < 4.78 is 27.7. The van der Waals surface area contributed by atoms with E-state index < -0.39 is 12.4 Å². The van der Waals surface area contributed by atoms with E-state index in [4.69, 9.17) is 5.11 Å². The van der Waals surface area contributed by atoms with Crippen molar-refractivity contribution in [3.05, 3.63) is 23.0 Å². The molecule has 0 bridgehead atoms. The van der Waals surface area contributed by atoms with Crippen LogP contribution in [0.1, 0.15) is 42.1 Å². The van der Waals surface area contributed by atoms with Crippen molar-refractivity contribution in [1.29, 1.82) is 0 Å². The zero-order valence-electron chi connectivity index (χ0n) is 10.8. The van der Waals surface area contributed by atoms with Gasteiger partial charge < -0.3 is 5.11 Å². The van der Waals surface area contributed by atoms with E-state index in [1.807, 2.05) is 0 Å². The molecule has 0 radical (unpaired) electrons. The van der Waals surface area contributed by atoms with Crippen LogP contribution in [0.5, 0.6) is 0 Å². The van der Waals surface area contributed by atoms with Crippen molar-refractivity contribution in [2.75, 3.05) is 0 Å². The average molecular weight is 281 g/mol. The first-order chi connectivity index (χ1) is 9.47. The third-order valence-corrected chi connectivity index (χ3v) is 3.37. The average Bonchev–Trinajstić information content (AvgIpc) is 3.13. The molecular weight excluding hydrogens is 268 g/mol. The molecule has 0 amide bonds. The van der Waals surface area contributed by atoms with Crippen molar-refractivity contribution in [2.24, 2.45) is 0 Å². The van der Waals surface area contributed by atoms with E-state index in [0.29, 0.717) is 16.8 Å². The largest absolute Gasteiger partial charge is 0.480 e. The molecule has 106 valence electrons. The number of fused-ring (bicyclic) bond motifs is 1. The molecule has 3 rings (SSSR count). The highest BCUT2D eigenvalue weighted by molar-refractivity contribution is 5.84. The standard InChI is InChI=1S/C13H13F2N3O2/c1-6-4-8(12(14)15)10-11(7-2-3-7)17-18(5-9(19)20)13(10)16-6/h4,7,12H,2-3,5H2,1H3,(H,19,20). The number of carbonyl (C=O) groups is 1. The molecule has 1 aliphatic rings. The molecule has 0 aliphatic heterocycles. The molecule has 0 aromatic carbocycles. The summed E-state index contributed by atoms with van der Waals surface area (Å²) in [7, 11) is 0. The fourth-order valence-electron chi connectivity index (χ4n) is 2.41. The van der Waals surface area contributed by atoms with E-state index in [0.717, 1.165) is 12.8 Å². The highest BCUT2D eigenvalue weighted by Gasteiger charge is 2.32. The Balaban J connectivity index is 2.29. The van der Waals surface area contributed by atoms with Crippen LogP contribution in [0.3, 0.4) is 0 Å². The van der Waals surface area contributed by atoms with E-state index in [9.17, 15) is 13.6 Å². The molecule has 0 saturated heterocycles. The van der Waals surface area contributed by atoms with Gasteiger partial charge in [-0.05, 0) is 25.8 Å². The fraction of sp³-hybridized carbons (Fsp3) is 0.462. The number of aryl methyl sites for hydroxylation is 1. The lowest BCUT2D eigenvalue weighted by Crippen LogP contribution is -2.11. The summed E-state index contributed by atoms with van der Waals surface area (Å²) in [6.45, 7) is 1.24. The molecule has 5 nitrogen and oxygen atoms in total. The Bertz CT molecular complexity index is 692. The molecule has 20 heavy (non-hydrogen) atoms. The van der Waals surface area contributed by atoms with Crippen molar-refractivity contribution in [1.82, 2.24) is 14.8 Å². The number of hydrogen-bond donors (Lipinski definition) is 1. The fourth-order valence-corrected chi connectivity index (χ4v) is 2.41. The van der Waals surface area contributed by atoms with Gasteiger partial charge >= 0.3 is 5.97 Å². The minimum absolute atomic E-state index is 0.106. The van der Waals surface area contributed by atoms with E-state index in [1.54, 1.807) is 6.92 Å². The third kappa shape index (κ3) is 2.13. The number of aromatic nitrogens is 3. The van der Waals surface area contributed by atoms with Gasteiger partial charge in [0.25, 0.3) is 6.43 Å². The number of pyridine rings is 1. The molecule has 7 heteroatoms. The van der Waals surface area contributed by atoms with Gasteiger partial charge in [0.1, 0.15) is 6.54 Å². The van der Waals surface area contributed by atoms with Gasteiger partial charge in [0, 0.05) is 17.2 Å². The number of alkyl halides is 2. The number of hydrogen-bond acceptors (Lipinski definition) is 3. The summed E-state index contributed by atoms with van der Waals surface area (Å²) in [5.41, 5.74) is 1.13. The number of carboxylic acids is 1. The van der Waals surface area contributed by atoms with E-state index >= 15 is 0 Å². The molecule has 0 unspecified atom stereocenters. The molecule has 2 aromatic rings. The van der Waals surface area contributed by atoms with Crippen LogP contribution in [-0.2, 0) is 11.3 Å². The van der Waals surface area contributed by atoms with E-state index in [-0.39, 0.29) is 23.7 Å². The lowest BCUT2D eigenvalue weighted by atomic mass is 10.1. The monoisotopic (exact) mass is 281 g/mol. The maximum absolute atomic E-state index is 13.2. The van der Waals surface area contributed by atoms with Crippen molar-refractivity contribution in [3.8, 4) is 0 Å². The maximum Gasteiger partial charge on any atom is 0.325 e.